The molecule has 120 valence electrons. The van der Waals surface area contributed by atoms with Crippen molar-refractivity contribution in [2.75, 3.05) is 12.3 Å². The minimum absolute atomic E-state index is 0.107. The van der Waals surface area contributed by atoms with Crippen LogP contribution in [0, 0.1) is 0 Å². The summed E-state index contributed by atoms with van der Waals surface area (Å²) in [6, 6.07) is 6.07. The van der Waals surface area contributed by atoms with Crippen molar-refractivity contribution in [2.45, 2.75) is 24.8 Å². The lowest BCUT2D eigenvalue weighted by Gasteiger charge is -2.27. The Hall–Kier alpha value is -2.32. The fraction of sp³-hybridized carbons (Fsp3) is 0.267. The fourth-order valence-corrected chi connectivity index (χ4v) is 3.97. The molecule has 2 heterocycles. The summed E-state index contributed by atoms with van der Waals surface area (Å²) < 4.78 is 26.9. The Kier molecular flexibility index (Phi) is 3.87. The molecule has 2 N–H and O–H groups in total. The van der Waals surface area contributed by atoms with Gasteiger partial charge >= 0.3 is 0 Å². The zero-order chi connectivity index (χ0) is 16.6. The van der Waals surface area contributed by atoms with E-state index in [2.05, 4.69) is 9.97 Å². The Labute approximate surface area is 134 Å². The van der Waals surface area contributed by atoms with Gasteiger partial charge in [0.2, 0.25) is 16.0 Å². The van der Waals surface area contributed by atoms with E-state index < -0.39 is 10.0 Å². The number of nitrogens with two attached hydrogens (primary N) is 1. The molecule has 0 bridgehead atoms. The minimum Gasteiger partial charge on any atom is -0.368 e. The van der Waals surface area contributed by atoms with Crippen LogP contribution in [0.3, 0.4) is 0 Å². The van der Waals surface area contributed by atoms with E-state index in [0.717, 1.165) is 5.56 Å². The second kappa shape index (κ2) is 5.71. The SMILES string of the molecule is CC(=O)c1cccc(S(=O)(=O)N2CCc3cnc(N)nc3C2)c1. The fourth-order valence-electron chi connectivity index (χ4n) is 2.52. The number of sulfonamides is 1. The first kappa shape index (κ1) is 15.6. The number of carbonyl (C=O) groups excluding carboxylic acids is 1. The zero-order valence-corrected chi connectivity index (χ0v) is 13.4. The van der Waals surface area contributed by atoms with Crippen molar-refractivity contribution in [2.24, 2.45) is 0 Å². The van der Waals surface area contributed by atoms with Crippen LogP contribution in [-0.2, 0) is 23.0 Å². The molecule has 1 aliphatic rings. The normalized spacial score (nSPS) is 15.2. The van der Waals surface area contributed by atoms with Gasteiger partial charge in [-0.25, -0.2) is 18.4 Å². The molecular weight excluding hydrogens is 316 g/mol. The lowest BCUT2D eigenvalue weighted by Crippen LogP contribution is -2.36. The molecule has 2 aromatic rings. The third-order valence-corrected chi connectivity index (χ3v) is 5.65. The smallest absolute Gasteiger partial charge is 0.243 e. The first-order chi connectivity index (χ1) is 10.9. The number of hydrogen-bond donors (Lipinski definition) is 1. The van der Waals surface area contributed by atoms with Crippen LogP contribution in [0.5, 0.6) is 0 Å². The molecule has 1 aromatic heterocycles. The van der Waals surface area contributed by atoms with E-state index in [1.807, 2.05) is 0 Å². The van der Waals surface area contributed by atoms with E-state index in [-0.39, 0.29) is 23.2 Å². The summed E-state index contributed by atoms with van der Waals surface area (Å²) in [7, 11) is -3.69. The Morgan fingerprint density at radius 2 is 2.13 bits per heavy atom. The van der Waals surface area contributed by atoms with E-state index in [4.69, 9.17) is 5.73 Å². The number of carbonyl (C=O) groups is 1. The van der Waals surface area contributed by atoms with Gasteiger partial charge in [-0.05, 0) is 31.0 Å². The molecule has 0 spiro atoms. The summed E-state index contributed by atoms with van der Waals surface area (Å²) >= 11 is 0. The lowest BCUT2D eigenvalue weighted by atomic mass is 10.1. The number of fused-ring (bicyclic) bond motifs is 1. The van der Waals surface area contributed by atoms with Gasteiger partial charge in [-0.15, -0.1) is 0 Å². The van der Waals surface area contributed by atoms with E-state index >= 15 is 0 Å². The first-order valence-electron chi connectivity index (χ1n) is 7.09. The Morgan fingerprint density at radius 1 is 1.35 bits per heavy atom. The number of aromatic nitrogens is 2. The molecular formula is C15H16N4O3S. The van der Waals surface area contributed by atoms with Crippen LogP contribution in [0.1, 0.15) is 28.5 Å². The summed E-state index contributed by atoms with van der Waals surface area (Å²) in [5, 5.41) is 0. The topological polar surface area (TPSA) is 106 Å². The lowest BCUT2D eigenvalue weighted by molar-refractivity contribution is 0.101. The number of benzene rings is 1. The van der Waals surface area contributed by atoms with Crippen molar-refractivity contribution in [3.8, 4) is 0 Å². The van der Waals surface area contributed by atoms with Crippen LogP contribution >= 0.6 is 0 Å². The molecule has 0 saturated carbocycles. The number of hydrogen-bond acceptors (Lipinski definition) is 6. The molecule has 1 aliphatic heterocycles. The monoisotopic (exact) mass is 332 g/mol. The van der Waals surface area contributed by atoms with E-state index in [0.29, 0.717) is 24.2 Å². The van der Waals surface area contributed by atoms with Crippen LogP contribution in [0.15, 0.2) is 35.4 Å². The Morgan fingerprint density at radius 3 is 2.87 bits per heavy atom. The maximum atomic E-state index is 12.8. The van der Waals surface area contributed by atoms with Crippen molar-refractivity contribution in [3.63, 3.8) is 0 Å². The second-order valence-corrected chi connectivity index (χ2v) is 7.31. The highest BCUT2D eigenvalue weighted by atomic mass is 32.2. The summed E-state index contributed by atoms with van der Waals surface area (Å²) in [6.07, 6.45) is 2.17. The molecule has 0 unspecified atom stereocenters. The summed E-state index contributed by atoms with van der Waals surface area (Å²) in [4.78, 5) is 19.6. The zero-order valence-electron chi connectivity index (χ0n) is 12.6. The molecule has 7 nitrogen and oxygen atoms in total. The van der Waals surface area contributed by atoms with Crippen LogP contribution in [0.25, 0.3) is 0 Å². The number of nitrogens with zero attached hydrogens (tertiary/aromatic N) is 3. The highest BCUT2D eigenvalue weighted by Crippen LogP contribution is 2.24. The van der Waals surface area contributed by atoms with Crippen molar-refractivity contribution >= 4 is 21.8 Å². The van der Waals surface area contributed by atoms with Gasteiger partial charge in [0.05, 0.1) is 17.1 Å². The van der Waals surface area contributed by atoms with E-state index in [1.165, 1.54) is 23.4 Å². The van der Waals surface area contributed by atoms with Crippen molar-refractivity contribution in [1.29, 1.82) is 0 Å². The first-order valence-corrected chi connectivity index (χ1v) is 8.53. The van der Waals surface area contributed by atoms with Gasteiger partial charge in [0, 0.05) is 18.3 Å². The third kappa shape index (κ3) is 2.95. The van der Waals surface area contributed by atoms with Gasteiger partial charge in [-0.1, -0.05) is 12.1 Å². The van der Waals surface area contributed by atoms with Gasteiger partial charge < -0.3 is 5.73 Å². The third-order valence-electron chi connectivity index (χ3n) is 3.81. The molecule has 1 aromatic carbocycles. The molecule has 3 rings (SSSR count). The van der Waals surface area contributed by atoms with Gasteiger partial charge in [-0.3, -0.25) is 4.79 Å². The number of Topliss-reactive ketones (excluding diaryl/α,β-unsaturated/α-hetero) is 1. The quantitative estimate of drug-likeness (QED) is 0.841. The minimum atomic E-state index is -3.69. The number of rotatable bonds is 3. The highest BCUT2D eigenvalue weighted by Gasteiger charge is 2.29. The summed E-state index contributed by atoms with van der Waals surface area (Å²) in [6.45, 7) is 1.89. The maximum Gasteiger partial charge on any atom is 0.243 e. The van der Waals surface area contributed by atoms with Crippen LogP contribution in [0.2, 0.25) is 0 Å². The molecule has 8 heteroatoms. The highest BCUT2D eigenvalue weighted by molar-refractivity contribution is 7.89. The van der Waals surface area contributed by atoms with Gasteiger partial charge in [0.15, 0.2) is 5.78 Å². The summed E-state index contributed by atoms with van der Waals surface area (Å²) in [5.74, 6) is -0.0480. The maximum absolute atomic E-state index is 12.8. The Bertz CT molecular complexity index is 880. The predicted octanol–water partition coefficient (Wildman–Crippen LogP) is 1.01. The molecule has 0 radical (unpaired) electrons. The standard InChI is InChI=1S/C15H16N4O3S/c1-10(20)11-3-2-4-13(7-11)23(21,22)19-6-5-12-8-17-15(16)18-14(12)9-19/h2-4,7-8H,5-6,9H2,1H3,(H2,16,17,18). The van der Waals surface area contributed by atoms with Crippen LogP contribution in [-0.4, -0.2) is 35.0 Å². The molecule has 0 saturated heterocycles. The number of anilines is 1. The van der Waals surface area contributed by atoms with Crippen molar-refractivity contribution in [1.82, 2.24) is 14.3 Å². The number of nitrogen functional groups attached to an aromatic ring is 1. The van der Waals surface area contributed by atoms with E-state index in [1.54, 1.807) is 18.3 Å². The van der Waals surface area contributed by atoms with E-state index in [9.17, 15) is 13.2 Å². The average molecular weight is 332 g/mol. The molecule has 0 atom stereocenters. The summed E-state index contributed by atoms with van der Waals surface area (Å²) in [5.41, 5.74) is 7.47. The van der Waals surface area contributed by atoms with Crippen molar-refractivity contribution in [3.05, 3.63) is 47.3 Å². The number of ketones is 1. The molecule has 0 aliphatic carbocycles. The largest absolute Gasteiger partial charge is 0.368 e. The van der Waals surface area contributed by atoms with Gasteiger partial charge in [0.25, 0.3) is 0 Å². The molecule has 0 amide bonds. The Balaban J connectivity index is 1.95. The van der Waals surface area contributed by atoms with Gasteiger partial charge in [0.1, 0.15) is 0 Å². The molecule has 23 heavy (non-hydrogen) atoms. The second-order valence-electron chi connectivity index (χ2n) is 5.37. The van der Waals surface area contributed by atoms with Crippen LogP contribution in [0.4, 0.5) is 5.95 Å². The molecule has 0 fully saturated rings. The van der Waals surface area contributed by atoms with Gasteiger partial charge in [-0.2, -0.15) is 4.31 Å². The van der Waals surface area contributed by atoms with Crippen molar-refractivity contribution < 1.29 is 13.2 Å². The predicted molar refractivity (Wildman–Crippen MR) is 84.2 cm³/mol. The van der Waals surface area contributed by atoms with Crippen LogP contribution < -0.4 is 5.73 Å². The average Bonchev–Trinajstić information content (AvgIpc) is 2.54.